The molecule has 2 aliphatic heterocycles. The van der Waals surface area contributed by atoms with Crippen LogP contribution < -0.4 is 0 Å². The highest BCUT2D eigenvalue weighted by atomic mass is 14.8. The van der Waals surface area contributed by atoms with Gasteiger partial charge < -0.3 is 9.97 Å². The van der Waals surface area contributed by atoms with Crippen LogP contribution in [0.15, 0.2) is 24.3 Å². The van der Waals surface area contributed by atoms with E-state index in [4.69, 9.17) is 9.97 Å². The van der Waals surface area contributed by atoms with Gasteiger partial charge in [0.25, 0.3) is 0 Å². The Hall–Kier alpha value is -2.88. The zero-order valence-electron chi connectivity index (χ0n) is 26.2. The normalized spacial score (nSPS) is 20.8. The second kappa shape index (κ2) is 11.9. The first kappa shape index (κ1) is 28.6. The lowest BCUT2D eigenvalue weighted by molar-refractivity contribution is 0.523. The largest absolute Gasteiger partial charge is 0.355 e. The Bertz CT molecular complexity index is 1410. The Labute approximate surface area is 241 Å². The summed E-state index contributed by atoms with van der Waals surface area (Å²) in [5.74, 6) is 1.78. The van der Waals surface area contributed by atoms with Crippen molar-refractivity contribution in [1.29, 1.82) is 0 Å². The molecule has 0 saturated heterocycles. The molecule has 0 saturated carbocycles. The number of aryl methyl sites for hydroxylation is 4. The molecular weight excluding hydrogens is 488 g/mol. The van der Waals surface area contributed by atoms with Gasteiger partial charge in [-0.15, -0.1) is 0 Å². The van der Waals surface area contributed by atoms with Crippen LogP contribution in [0.1, 0.15) is 150 Å². The van der Waals surface area contributed by atoms with E-state index in [1.165, 1.54) is 67.1 Å². The third kappa shape index (κ3) is 4.72. The predicted octanol–water partition coefficient (Wildman–Crippen LogP) is 9.94. The molecule has 40 heavy (non-hydrogen) atoms. The first-order valence-electron chi connectivity index (χ1n) is 16.2. The Kier molecular flexibility index (Phi) is 8.54. The molecule has 0 aromatic carbocycles. The van der Waals surface area contributed by atoms with Crippen molar-refractivity contribution in [1.82, 2.24) is 19.9 Å². The van der Waals surface area contributed by atoms with Gasteiger partial charge in [-0.05, 0) is 97.9 Å². The number of hydrogen-bond acceptors (Lipinski definition) is 2. The Morgan fingerprint density at radius 2 is 0.700 bits per heavy atom. The molecule has 0 spiro atoms. The number of aromatic nitrogens is 4. The van der Waals surface area contributed by atoms with Crippen LogP contribution in [0.5, 0.6) is 0 Å². The van der Waals surface area contributed by atoms with Crippen LogP contribution in [-0.2, 0) is 25.7 Å². The van der Waals surface area contributed by atoms with E-state index in [9.17, 15) is 0 Å². The lowest BCUT2D eigenvalue weighted by Gasteiger charge is -2.18. The maximum absolute atomic E-state index is 5.38. The lowest BCUT2D eigenvalue weighted by Crippen LogP contribution is -2.05. The summed E-state index contributed by atoms with van der Waals surface area (Å²) >= 11 is 0. The quantitative estimate of drug-likeness (QED) is 0.300. The van der Waals surface area contributed by atoms with E-state index in [1.54, 1.807) is 0 Å². The lowest BCUT2D eigenvalue weighted by atomic mass is 9.83. The summed E-state index contributed by atoms with van der Waals surface area (Å²) in [6.45, 7) is 18.4. The molecule has 0 fully saturated rings. The maximum Gasteiger partial charge on any atom is 0.0465 e. The zero-order valence-corrected chi connectivity index (χ0v) is 26.2. The summed E-state index contributed by atoms with van der Waals surface area (Å²) in [5, 5.41) is 0. The van der Waals surface area contributed by atoms with E-state index in [2.05, 4.69) is 89.6 Å². The second-order valence-electron chi connectivity index (χ2n) is 11.8. The summed E-state index contributed by atoms with van der Waals surface area (Å²) in [7, 11) is 0. The van der Waals surface area contributed by atoms with E-state index >= 15 is 0 Å². The standard InChI is InChI=1S/C36H50N4/c1-9-21-22(10-2)30-18-32-25(13-5)26(14-6)34(39-32)20-36-28(16-8)27(15-7)35(40-36)19-33-24(12-4)23(11-3)31(38-33)17-29(21)37-30/h17-24,39-40H,9-16H2,1-8H3. The van der Waals surface area contributed by atoms with Gasteiger partial charge in [0.1, 0.15) is 0 Å². The van der Waals surface area contributed by atoms with Gasteiger partial charge in [0.05, 0.1) is 0 Å². The number of nitrogens with zero attached hydrogens (tertiary/aromatic N) is 2. The van der Waals surface area contributed by atoms with Gasteiger partial charge in [-0.3, -0.25) is 9.97 Å². The fourth-order valence-corrected chi connectivity index (χ4v) is 7.93. The van der Waals surface area contributed by atoms with Gasteiger partial charge in [0.2, 0.25) is 0 Å². The monoisotopic (exact) mass is 538 g/mol. The van der Waals surface area contributed by atoms with Gasteiger partial charge in [-0.25, -0.2) is 0 Å². The third-order valence-electron chi connectivity index (χ3n) is 9.92. The second-order valence-corrected chi connectivity index (χ2v) is 11.8. The number of H-pyrrole nitrogens is 2. The molecule has 0 aliphatic carbocycles. The van der Waals surface area contributed by atoms with Gasteiger partial charge in [0.15, 0.2) is 0 Å². The Morgan fingerprint density at radius 3 is 0.975 bits per heavy atom. The molecule has 3 aromatic rings. The van der Waals surface area contributed by atoms with Crippen LogP contribution in [0.3, 0.4) is 0 Å². The van der Waals surface area contributed by atoms with E-state index in [0.29, 0.717) is 23.7 Å². The molecule has 4 atom stereocenters. The van der Waals surface area contributed by atoms with Crippen LogP contribution in [0.25, 0.3) is 22.1 Å². The van der Waals surface area contributed by atoms with Crippen molar-refractivity contribution in [2.45, 2.75) is 130 Å². The molecular formula is C36H50N4. The topological polar surface area (TPSA) is 57.4 Å². The molecule has 5 rings (SSSR count). The van der Waals surface area contributed by atoms with Crippen molar-refractivity contribution in [3.05, 3.63) is 69.3 Å². The molecule has 2 N–H and O–H groups in total. The average Bonchev–Trinajstić information content (AvgIpc) is 3.67. The number of hydrogen-bond donors (Lipinski definition) is 2. The van der Waals surface area contributed by atoms with Crippen molar-refractivity contribution in [2.24, 2.45) is 0 Å². The summed E-state index contributed by atoms with van der Waals surface area (Å²) in [5.41, 5.74) is 15.6. The van der Waals surface area contributed by atoms with Crippen LogP contribution in [-0.4, -0.2) is 19.9 Å². The minimum absolute atomic E-state index is 0.445. The smallest absolute Gasteiger partial charge is 0.0465 e. The van der Waals surface area contributed by atoms with Crippen LogP contribution in [0.4, 0.5) is 0 Å². The molecule has 4 heteroatoms. The van der Waals surface area contributed by atoms with Crippen molar-refractivity contribution >= 4 is 22.1 Å². The Morgan fingerprint density at radius 1 is 0.425 bits per heavy atom. The van der Waals surface area contributed by atoms with Crippen LogP contribution in [0.2, 0.25) is 0 Å². The molecule has 0 amide bonds. The van der Waals surface area contributed by atoms with E-state index in [0.717, 1.165) is 51.4 Å². The summed E-state index contributed by atoms with van der Waals surface area (Å²) < 4.78 is 0. The predicted molar refractivity (Wildman–Crippen MR) is 171 cm³/mol. The van der Waals surface area contributed by atoms with E-state index in [1.807, 2.05) is 0 Å². The van der Waals surface area contributed by atoms with Gasteiger partial charge in [0, 0.05) is 68.5 Å². The number of aromatic amines is 2. The summed E-state index contributed by atoms with van der Waals surface area (Å²) in [6.07, 6.45) is 8.46. The fraction of sp³-hybridized carbons (Fsp3) is 0.556. The Balaban J connectivity index is 1.98. The molecule has 2 aliphatic rings. The molecule has 3 aromatic heterocycles. The van der Waals surface area contributed by atoms with Crippen molar-refractivity contribution in [2.75, 3.05) is 0 Å². The number of fused-ring (bicyclic) bond motifs is 8. The first-order chi connectivity index (χ1) is 19.5. The SMILES string of the molecule is CCc1c(CC)c2cc3[nH]c(cc4nc(cc5nc(cc1[nH]2)C(CC)C5CC)C(CC)C4CC)c(CC)c3CC. The molecule has 4 nitrogen and oxygen atoms in total. The van der Waals surface area contributed by atoms with E-state index in [-0.39, 0.29) is 0 Å². The van der Waals surface area contributed by atoms with Crippen molar-refractivity contribution < 1.29 is 0 Å². The number of rotatable bonds is 8. The molecule has 5 heterocycles. The molecule has 8 bridgehead atoms. The fourth-order valence-electron chi connectivity index (χ4n) is 7.93. The molecule has 214 valence electrons. The highest BCUT2D eigenvalue weighted by molar-refractivity contribution is 5.79. The molecule has 0 radical (unpaired) electrons. The van der Waals surface area contributed by atoms with Crippen LogP contribution in [0, 0.1) is 0 Å². The van der Waals surface area contributed by atoms with E-state index < -0.39 is 0 Å². The van der Waals surface area contributed by atoms with Crippen LogP contribution >= 0.6 is 0 Å². The average molecular weight is 539 g/mol. The number of nitrogens with one attached hydrogen (secondary N) is 2. The van der Waals surface area contributed by atoms with Gasteiger partial charge in [-0.1, -0.05) is 55.4 Å². The third-order valence-corrected chi connectivity index (χ3v) is 9.92. The van der Waals surface area contributed by atoms with Gasteiger partial charge in [-0.2, -0.15) is 0 Å². The highest BCUT2D eigenvalue weighted by Crippen LogP contribution is 2.45. The first-order valence-corrected chi connectivity index (χ1v) is 16.2. The highest BCUT2D eigenvalue weighted by Gasteiger charge is 2.33. The summed E-state index contributed by atoms with van der Waals surface area (Å²) in [4.78, 5) is 18.5. The van der Waals surface area contributed by atoms with Crippen molar-refractivity contribution in [3.8, 4) is 0 Å². The van der Waals surface area contributed by atoms with Crippen molar-refractivity contribution in [3.63, 3.8) is 0 Å². The zero-order chi connectivity index (χ0) is 28.6. The minimum atomic E-state index is 0.445. The maximum atomic E-state index is 5.38. The van der Waals surface area contributed by atoms with Gasteiger partial charge >= 0.3 is 0 Å². The summed E-state index contributed by atoms with van der Waals surface area (Å²) in [6, 6.07) is 9.52. The minimum Gasteiger partial charge on any atom is -0.355 e. The molecule has 4 unspecified atom stereocenters.